The van der Waals surface area contributed by atoms with E-state index in [9.17, 15) is 18.0 Å². The summed E-state index contributed by atoms with van der Waals surface area (Å²) < 4.78 is 43.1. The van der Waals surface area contributed by atoms with E-state index in [-0.39, 0.29) is 24.5 Å². The van der Waals surface area contributed by atoms with Crippen LogP contribution in [0.3, 0.4) is 0 Å². The van der Waals surface area contributed by atoms with E-state index in [1.165, 1.54) is 28.5 Å². The summed E-state index contributed by atoms with van der Waals surface area (Å²) >= 11 is 0. The molecule has 0 aliphatic heterocycles. The quantitative estimate of drug-likeness (QED) is 0.577. The van der Waals surface area contributed by atoms with Gasteiger partial charge in [-0.1, -0.05) is 54.6 Å². The zero-order valence-electron chi connectivity index (χ0n) is 16.3. The molecule has 0 saturated heterocycles. The number of hydrogen-bond donors (Lipinski definition) is 1. The zero-order valence-corrected chi connectivity index (χ0v) is 16.3. The fraction of sp³-hybridized carbons (Fsp3) is 0.292. The predicted molar refractivity (Wildman–Crippen MR) is 109 cm³/mol. The van der Waals surface area contributed by atoms with Crippen molar-refractivity contribution in [3.8, 4) is 0 Å². The highest BCUT2D eigenvalue weighted by Crippen LogP contribution is 2.48. The van der Waals surface area contributed by atoms with Crippen LogP contribution in [0.2, 0.25) is 0 Å². The molecule has 1 aliphatic carbocycles. The second kappa shape index (κ2) is 8.11. The van der Waals surface area contributed by atoms with Gasteiger partial charge in [-0.3, -0.25) is 4.79 Å². The Morgan fingerprint density at radius 1 is 0.967 bits per heavy atom. The monoisotopic (exact) mass is 413 g/mol. The lowest BCUT2D eigenvalue weighted by molar-refractivity contribution is -0.137. The largest absolute Gasteiger partial charge is 0.416 e. The first-order valence-corrected chi connectivity index (χ1v) is 9.86. The Kier molecular flexibility index (Phi) is 5.52. The van der Waals surface area contributed by atoms with E-state index < -0.39 is 11.7 Å². The summed E-state index contributed by atoms with van der Waals surface area (Å²) in [4.78, 5) is 12.2. The van der Waals surface area contributed by atoms with Crippen LogP contribution in [-0.2, 0) is 27.7 Å². The predicted octanol–water partition coefficient (Wildman–Crippen LogP) is 5.22. The van der Waals surface area contributed by atoms with Gasteiger partial charge in [-0.15, -0.1) is 0 Å². The number of ether oxygens (including phenoxy) is 1. The molecule has 0 heterocycles. The molecule has 6 heteroatoms. The summed E-state index contributed by atoms with van der Waals surface area (Å²) in [5.74, 6) is -0.228. The molecule has 1 aliphatic rings. The van der Waals surface area contributed by atoms with Gasteiger partial charge >= 0.3 is 6.18 Å². The number of fused-ring (bicyclic) bond motifs is 1. The molecule has 1 amide bonds. The Labute approximate surface area is 172 Å². The van der Waals surface area contributed by atoms with Crippen LogP contribution in [0.15, 0.2) is 66.7 Å². The molecular formula is C24H22F3NO2. The fourth-order valence-electron chi connectivity index (χ4n) is 3.61. The number of hydrogen-bond acceptors (Lipinski definition) is 2. The summed E-state index contributed by atoms with van der Waals surface area (Å²) in [5.41, 5.74) is 1.10. The Bertz CT molecular complexity index is 1040. The van der Waals surface area contributed by atoms with Crippen molar-refractivity contribution in [2.24, 2.45) is 0 Å². The Morgan fingerprint density at radius 2 is 1.67 bits per heavy atom. The third kappa shape index (κ3) is 4.65. The number of rotatable bonds is 7. The number of benzene rings is 3. The molecule has 3 aromatic rings. The molecule has 156 valence electrons. The van der Waals surface area contributed by atoms with Crippen LogP contribution in [0.4, 0.5) is 13.2 Å². The summed E-state index contributed by atoms with van der Waals surface area (Å²) in [6.07, 6.45) is -2.31. The van der Waals surface area contributed by atoms with Gasteiger partial charge in [0, 0.05) is 12.0 Å². The molecule has 30 heavy (non-hydrogen) atoms. The lowest BCUT2D eigenvalue weighted by atomic mass is 9.93. The van der Waals surface area contributed by atoms with Crippen molar-refractivity contribution in [1.29, 1.82) is 0 Å². The second-order valence-electron chi connectivity index (χ2n) is 7.81. The molecule has 3 aromatic carbocycles. The van der Waals surface area contributed by atoms with Crippen LogP contribution in [0.1, 0.15) is 29.5 Å². The average Bonchev–Trinajstić information content (AvgIpc) is 3.53. The highest BCUT2D eigenvalue weighted by molar-refractivity contribution is 5.83. The highest BCUT2D eigenvalue weighted by Gasteiger charge is 2.44. The molecule has 3 nitrogen and oxygen atoms in total. The van der Waals surface area contributed by atoms with E-state index >= 15 is 0 Å². The number of amides is 1. The molecule has 0 atom stereocenters. The van der Waals surface area contributed by atoms with Crippen LogP contribution >= 0.6 is 0 Å². The maximum Gasteiger partial charge on any atom is 0.416 e. The highest BCUT2D eigenvalue weighted by atomic mass is 19.4. The smallest absolute Gasteiger partial charge is 0.367 e. The van der Waals surface area contributed by atoms with E-state index in [0.29, 0.717) is 12.1 Å². The molecule has 1 saturated carbocycles. The minimum Gasteiger partial charge on any atom is -0.367 e. The van der Waals surface area contributed by atoms with E-state index in [0.717, 1.165) is 25.0 Å². The van der Waals surface area contributed by atoms with Crippen LogP contribution in [-0.4, -0.2) is 19.1 Å². The topological polar surface area (TPSA) is 38.3 Å². The lowest BCUT2D eigenvalue weighted by Gasteiger charge is -2.17. The Morgan fingerprint density at radius 3 is 2.33 bits per heavy atom. The Balaban J connectivity index is 1.26. The maximum absolute atomic E-state index is 12.6. The van der Waals surface area contributed by atoms with Crippen molar-refractivity contribution < 1.29 is 22.7 Å². The molecular weight excluding hydrogens is 391 g/mol. The lowest BCUT2D eigenvalue weighted by Crippen LogP contribution is -2.34. The first-order chi connectivity index (χ1) is 14.4. The number of alkyl halides is 3. The summed E-state index contributed by atoms with van der Waals surface area (Å²) in [7, 11) is 0. The van der Waals surface area contributed by atoms with Gasteiger partial charge in [0.2, 0.25) is 5.91 Å². The second-order valence-corrected chi connectivity index (χ2v) is 7.81. The van der Waals surface area contributed by atoms with Crippen LogP contribution < -0.4 is 5.32 Å². The van der Waals surface area contributed by atoms with Gasteiger partial charge in [0.25, 0.3) is 0 Å². The van der Waals surface area contributed by atoms with E-state index in [4.69, 9.17) is 4.74 Å². The van der Waals surface area contributed by atoms with Crippen LogP contribution in [0, 0.1) is 0 Å². The van der Waals surface area contributed by atoms with E-state index in [1.807, 2.05) is 12.1 Å². The third-order valence-corrected chi connectivity index (χ3v) is 5.62. The van der Waals surface area contributed by atoms with Gasteiger partial charge in [0.05, 0.1) is 12.2 Å². The third-order valence-electron chi connectivity index (χ3n) is 5.62. The minimum absolute atomic E-state index is 0.0207. The average molecular weight is 413 g/mol. The van der Waals surface area contributed by atoms with Gasteiger partial charge in [-0.2, -0.15) is 13.2 Å². The van der Waals surface area contributed by atoms with E-state index in [2.05, 4.69) is 35.6 Å². The number of carbonyl (C=O) groups excluding carboxylic acids is 1. The van der Waals surface area contributed by atoms with Crippen molar-refractivity contribution in [2.45, 2.75) is 31.0 Å². The molecule has 1 N–H and O–H groups in total. The first-order valence-electron chi connectivity index (χ1n) is 9.86. The van der Waals surface area contributed by atoms with Gasteiger partial charge in [-0.05, 0) is 46.9 Å². The van der Waals surface area contributed by atoms with Gasteiger partial charge in [0.1, 0.15) is 6.61 Å². The molecule has 4 rings (SSSR count). The van der Waals surface area contributed by atoms with Gasteiger partial charge < -0.3 is 10.1 Å². The van der Waals surface area contributed by atoms with Crippen molar-refractivity contribution in [3.05, 3.63) is 83.4 Å². The standard InChI is InChI=1S/C24H22F3NO2/c25-24(26,27)20-8-5-17(6-9-20)14-30-15-22(29)28-16-23(11-12-23)21-10-7-18-3-1-2-4-19(18)13-21/h1-10,13H,11-12,14-16H2,(H,28,29). The Hall–Kier alpha value is -2.86. The molecule has 0 unspecified atom stereocenters. The summed E-state index contributed by atoms with van der Waals surface area (Å²) in [5, 5.41) is 5.31. The van der Waals surface area contributed by atoms with Crippen molar-refractivity contribution in [3.63, 3.8) is 0 Å². The molecule has 0 spiro atoms. The summed E-state index contributed by atoms with van der Waals surface area (Å²) in [6.45, 7) is 0.504. The number of nitrogens with one attached hydrogen (secondary N) is 1. The van der Waals surface area contributed by atoms with Crippen molar-refractivity contribution in [2.75, 3.05) is 13.2 Å². The summed E-state index contributed by atoms with van der Waals surface area (Å²) in [6, 6.07) is 19.4. The molecule has 1 fully saturated rings. The fourth-order valence-corrected chi connectivity index (χ4v) is 3.61. The van der Waals surface area contributed by atoms with E-state index in [1.54, 1.807) is 0 Å². The van der Waals surface area contributed by atoms with Crippen molar-refractivity contribution >= 4 is 16.7 Å². The minimum atomic E-state index is -4.36. The molecule has 0 aromatic heterocycles. The van der Waals surface area contributed by atoms with Crippen LogP contribution in [0.25, 0.3) is 10.8 Å². The number of halogens is 3. The first kappa shape index (κ1) is 20.4. The normalized spacial score (nSPS) is 15.2. The SMILES string of the molecule is O=C(COCc1ccc(C(F)(F)F)cc1)NCC1(c2ccc3ccccc3c2)CC1. The molecule has 0 radical (unpaired) electrons. The zero-order chi connectivity index (χ0) is 21.2. The van der Waals surface area contributed by atoms with Gasteiger partial charge in [-0.25, -0.2) is 0 Å². The molecule has 0 bridgehead atoms. The van der Waals surface area contributed by atoms with Gasteiger partial charge in [0.15, 0.2) is 0 Å². The number of carbonyl (C=O) groups is 1. The van der Waals surface area contributed by atoms with Crippen molar-refractivity contribution in [1.82, 2.24) is 5.32 Å². The maximum atomic E-state index is 12.6. The van der Waals surface area contributed by atoms with Crippen LogP contribution in [0.5, 0.6) is 0 Å².